The van der Waals surface area contributed by atoms with Crippen LogP contribution in [0.3, 0.4) is 0 Å². The van der Waals surface area contributed by atoms with Crippen molar-refractivity contribution < 1.29 is 13.2 Å². The molecule has 0 unspecified atom stereocenters. The summed E-state index contributed by atoms with van der Waals surface area (Å²) >= 11 is 0. The van der Waals surface area contributed by atoms with Crippen molar-refractivity contribution in [3.63, 3.8) is 0 Å². The van der Waals surface area contributed by atoms with E-state index in [2.05, 4.69) is 36.9 Å². The quantitative estimate of drug-likeness (QED) is 0.449. The number of piperidine rings is 1. The number of aromatic amines is 1. The number of rotatable bonds is 7. The topological polar surface area (TPSA) is 149 Å². The lowest BCUT2D eigenvalue weighted by atomic mass is 10.1. The van der Waals surface area contributed by atoms with Crippen molar-refractivity contribution in [2.45, 2.75) is 36.2 Å². The van der Waals surface area contributed by atoms with Gasteiger partial charge in [0.1, 0.15) is 17.5 Å². The summed E-state index contributed by atoms with van der Waals surface area (Å²) in [5, 5.41) is 22.6. The molecule has 3 N–H and O–H groups in total. The molecular weight excluding hydrogens is 468 g/mol. The van der Waals surface area contributed by atoms with Crippen LogP contribution in [0.2, 0.25) is 0 Å². The molecule has 0 amide bonds. The molecule has 35 heavy (non-hydrogen) atoms. The smallest absolute Gasteiger partial charge is 0.243 e. The van der Waals surface area contributed by atoms with Crippen LogP contribution in [-0.2, 0) is 14.8 Å². The van der Waals surface area contributed by atoms with Crippen LogP contribution in [0.5, 0.6) is 0 Å². The predicted molar refractivity (Wildman–Crippen MR) is 129 cm³/mol. The van der Waals surface area contributed by atoms with Crippen LogP contribution < -0.4 is 10.6 Å². The minimum absolute atomic E-state index is 0.0283. The fourth-order valence-electron chi connectivity index (χ4n) is 4.29. The second-order valence-electron chi connectivity index (χ2n) is 8.61. The zero-order chi connectivity index (χ0) is 24.3. The van der Waals surface area contributed by atoms with Crippen LogP contribution in [0.4, 0.5) is 11.8 Å². The van der Waals surface area contributed by atoms with Gasteiger partial charge in [-0.1, -0.05) is 12.1 Å². The maximum Gasteiger partial charge on any atom is 0.243 e. The van der Waals surface area contributed by atoms with Crippen LogP contribution in [0, 0.1) is 11.3 Å². The van der Waals surface area contributed by atoms with Gasteiger partial charge in [0, 0.05) is 37.5 Å². The number of nitrogens with zero attached hydrogens (tertiary/aromatic N) is 5. The third-order valence-corrected chi connectivity index (χ3v) is 8.20. The molecule has 0 bridgehead atoms. The van der Waals surface area contributed by atoms with E-state index in [1.165, 1.54) is 10.5 Å². The zero-order valence-corrected chi connectivity index (χ0v) is 19.8. The van der Waals surface area contributed by atoms with E-state index in [1.807, 2.05) is 0 Å². The Morgan fingerprint density at radius 2 is 1.86 bits per heavy atom. The molecule has 1 atom stereocenters. The van der Waals surface area contributed by atoms with Crippen LogP contribution in [0.1, 0.15) is 24.8 Å². The predicted octanol–water partition coefficient (Wildman–Crippen LogP) is 2.20. The van der Waals surface area contributed by atoms with Gasteiger partial charge in [-0.2, -0.15) is 19.6 Å². The molecule has 2 aliphatic heterocycles. The summed E-state index contributed by atoms with van der Waals surface area (Å²) in [5.74, 6) is 0.904. The fourth-order valence-corrected chi connectivity index (χ4v) is 5.75. The Balaban J connectivity index is 1.20. The largest absolute Gasteiger partial charge is 0.379 e. The molecule has 0 aliphatic carbocycles. The first-order chi connectivity index (χ1) is 17.0. The number of hydrogen-bond acceptors (Lipinski definition) is 9. The average Bonchev–Trinajstić information content (AvgIpc) is 3.60. The van der Waals surface area contributed by atoms with Crippen molar-refractivity contribution in [2.75, 3.05) is 36.9 Å². The number of anilines is 2. The molecule has 0 radical (unpaired) electrons. The summed E-state index contributed by atoms with van der Waals surface area (Å²) in [4.78, 5) is 9.04. The Kier molecular flexibility index (Phi) is 6.63. The SMILES string of the molecule is N#Cc1cnc(NC2CCN(S(=O)(=O)c3ccc(-c4cn[nH]c4)cc3)CC2)nc1N[C@H]1CCOC1. The molecule has 2 aliphatic rings. The molecule has 3 aromatic rings. The van der Waals surface area contributed by atoms with Gasteiger partial charge in [0.2, 0.25) is 16.0 Å². The van der Waals surface area contributed by atoms with Crippen molar-refractivity contribution >= 4 is 21.8 Å². The highest BCUT2D eigenvalue weighted by Gasteiger charge is 2.30. The van der Waals surface area contributed by atoms with Gasteiger partial charge in [0.25, 0.3) is 0 Å². The van der Waals surface area contributed by atoms with E-state index in [9.17, 15) is 13.7 Å². The molecule has 1 aromatic carbocycles. The molecule has 0 spiro atoms. The van der Waals surface area contributed by atoms with E-state index in [0.29, 0.717) is 56.5 Å². The second-order valence-corrected chi connectivity index (χ2v) is 10.5. The van der Waals surface area contributed by atoms with Crippen molar-refractivity contribution in [2.24, 2.45) is 0 Å². The third kappa shape index (κ3) is 5.12. The minimum Gasteiger partial charge on any atom is -0.379 e. The zero-order valence-electron chi connectivity index (χ0n) is 19.0. The lowest BCUT2D eigenvalue weighted by molar-refractivity contribution is 0.195. The molecular formula is C23H26N8O3S. The molecule has 4 heterocycles. The lowest BCUT2D eigenvalue weighted by Crippen LogP contribution is -2.42. The summed E-state index contributed by atoms with van der Waals surface area (Å²) in [5.41, 5.74) is 2.18. The minimum atomic E-state index is -3.58. The van der Waals surface area contributed by atoms with E-state index in [0.717, 1.165) is 17.5 Å². The maximum absolute atomic E-state index is 13.1. The number of benzene rings is 1. The Bertz CT molecular complexity index is 1290. The van der Waals surface area contributed by atoms with Gasteiger partial charge in [-0.25, -0.2) is 13.4 Å². The van der Waals surface area contributed by atoms with Crippen LogP contribution in [-0.4, -0.2) is 71.3 Å². The highest BCUT2D eigenvalue weighted by Crippen LogP contribution is 2.25. The standard InChI is InChI=1S/C23H26N8O3S/c24-11-17-12-25-23(30-22(17)28-20-7-10-34-15-20)29-19-5-8-31(9-6-19)35(32,33)21-3-1-16(2-4-21)18-13-26-27-14-18/h1-4,12-14,19-20H,5-10,15H2,(H,26,27)(H2,25,28,29,30)/t20-/m0/s1. The van der Waals surface area contributed by atoms with Gasteiger partial charge in [0.15, 0.2) is 0 Å². The number of nitrogens with one attached hydrogen (secondary N) is 3. The number of ether oxygens (including phenoxy) is 1. The summed E-state index contributed by atoms with van der Waals surface area (Å²) < 4.78 is 33.2. The van der Waals surface area contributed by atoms with Gasteiger partial charge in [0.05, 0.1) is 29.9 Å². The van der Waals surface area contributed by atoms with Gasteiger partial charge in [-0.3, -0.25) is 5.10 Å². The molecule has 2 fully saturated rings. The van der Waals surface area contributed by atoms with E-state index in [1.54, 1.807) is 36.7 Å². The van der Waals surface area contributed by atoms with E-state index < -0.39 is 10.0 Å². The summed E-state index contributed by atoms with van der Waals surface area (Å²) in [6.45, 7) is 2.05. The highest BCUT2D eigenvalue weighted by atomic mass is 32.2. The van der Waals surface area contributed by atoms with Gasteiger partial charge >= 0.3 is 0 Å². The highest BCUT2D eigenvalue weighted by molar-refractivity contribution is 7.89. The molecule has 5 rings (SSSR count). The van der Waals surface area contributed by atoms with Gasteiger partial charge < -0.3 is 15.4 Å². The Morgan fingerprint density at radius 3 is 2.51 bits per heavy atom. The van der Waals surface area contributed by atoms with Crippen molar-refractivity contribution in [3.05, 3.63) is 48.4 Å². The first kappa shape index (κ1) is 23.2. The van der Waals surface area contributed by atoms with E-state index in [4.69, 9.17) is 4.74 Å². The Morgan fingerprint density at radius 1 is 1.06 bits per heavy atom. The normalized spacial score (nSPS) is 19.3. The third-order valence-electron chi connectivity index (χ3n) is 6.29. The van der Waals surface area contributed by atoms with Crippen molar-refractivity contribution in [3.8, 4) is 17.2 Å². The van der Waals surface area contributed by atoms with E-state index >= 15 is 0 Å². The van der Waals surface area contributed by atoms with Crippen molar-refractivity contribution in [1.29, 1.82) is 5.26 Å². The fraction of sp³-hybridized carbons (Fsp3) is 0.391. The molecule has 2 saturated heterocycles. The summed E-state index contributed by atoms with van der Waals surface area (Å²) in [6, 6.07) is 9.11. The second kappa shape index (κ2) is 9.99. The van der Waals surface area contributed by atoms with Gasteiger partial charge in [-0.15, -0.1) is 0 Å². The Hall–Kier alpha value is -3.53. The lowest BCUT2D eigenvalue weighted by Gasteiger charge is -2.31. The number of sulfonamides is 1. The van der Waals surface area contributed by atoms with Crippen molar-refractivity contribution in [1.82, 2.24) is 24.5 Å². The summed E-state index contributed by atoms with van der Waals surface area (Å²) in [7, 11) is -3.58. The van der Waals surface area contributed by atoms with E-state index in [-0.39, 0.29) is 17.0 Å². The molecule has 12 heteroatoms. The molecule has 2 aromatic heterocycles. The number of H-pyrrole nitrogens is 1. The number of aromatic nitrogens is 4. The molecule has 182 valence electrons. The van der Waals surface area contributed by atoms with Crippen LogP contribution in [0.25, 0.3) is 11.1 Å². The first-order valence-corrected chi connectivity index (χ1v) is 12.9. The monoisotopic (exact) mass is 494 g/mol. The van der Waals surface area contributed by atoms with Gasteiger partial charge in [-0.05, 0) is 37.0 Å². The molecule has 11 nitrogen and oxygen atoms in total. The van der Waals surface area contributed by atoms with Crippen LogP contribution >= 0.6 is 0 Å². The number of hydrogen-bond donors (Lipinski definition) is 3. The summed E-state index contributed by atoms with van der Waals surface area (Å²) in [6.07, 6.45) is 7.06. The average molecular weight is 495 g/mol. The van der Waals surface area contributed by atoms with Crippen LogP contribution in [0.15, 0.2) is 47.8 Å². The first-order valence-electron chi connectivity index (χ1n) is 11.5. The Labute approximate surface area is 203 Å². The molecule has 0 saturated carbocycles. The number of nitriles is 1. The maximum atomic E-state index is 13.1.